The summed E-state index contributed by atoms with van der Waals surface area (Å²) in [5.41, 5.74) is -2.97. The van der Waals surface area contributed by atoms with Gasteiger partial charge in [-0.15, -0.1) is 11.6 Å². The van der Waals surface area contributed by atoms with E-state index in [-0.39, 0.29) is 18.1 Å². The molecule has 6 nitrogen and oxygen atoms in total. The minimum atomic E-state index is -3.84. The molecule has 8 heteroatoms. The molecule has 0 saturated heterocycles. The molecular formula is C17H25ClO6S. The highest BCUT2D eigenvalue weighted by molar-refractivity contribution is 7.86. The van der Waals surface area contributed by atoms with Crippen molar-refractivity contribution in [1.29, 1.82) is 0 Å². The second-order valence-corrected chi connectivity index (χ2v) is 8.79. The lowest BCUT2D eigenvalue weighted by molar-refractivity contribution is -0.180. The zero-order valence-electron chi connectivity index (χ0n) is 14.6. The first-order valence-electron chi connectivity index (χ1n) is 7.91. The van der Waals surface area contributed by atoms with Gasteiger partial charge in [-0.3, -0.25) is 4.18 Å². The maximum atomic E-state index is 11.9. The van der Waals surface area contributed by atoms with Gasteiger partial charge in [-0.1, -0.05) is 51.1 Å². The van der Waals surface area contributed by atoms with E-state index in [2.05, 4.69) is 0 Å². The molecule has 0 aromatic heterocycles. The first-order chi connectivity index (χ1) is 11.5. The molecule has 0 aliphatic heterocycles. The fraction of sp³-hybridized carbons (Fsp3) is 0.588. The highest BCUT2D eigenvalue weighted by Gasteiger charge is 2.55. The zero-order chi connectivity index (χ0) is 19.3. The second-order valence-electron chi connectivity index (χ2n) is 6.65. The standard InChI is InChI=1S/C17H25ClO6S/c1-13(14-8-5-4-6-9-14)17(21,15(19)20)16(2,3)12-24-25(22,23)11-7-10-18/h4-6,8-9,13,21H,7,10-12H2,1-3H3,(H,19,20)/t13-,17-/m0/s1. The molecule has 0 spiro atoms. The molecule has 1 rings (SSSR count). The van der Waals surface area contributed by atoms with Gasteiger partial charge in [0.1, 0.15) is 0 Å². The Bertz CT molecular complexity index is 674. The first kappa shape index (κ1) is 21.9. The van der Waals surface area contributed by atoms with Gasteiger partial charge in [0.05, 0.1) is 12.4 Å². The summed E-state index contributed by atoms with van der Waals surface area (Å²) in [5.74, 6) is -2.30. The number of aliphatic carboxylic acids is 1. The zero-order valence-corrected chi connectivity index (χ0v) is 16.2. The van der Waals surface area contributed by atoms with Crippen LogP contribution in [0.15, 0.2) is 30.3 Å². The maximum Gasteiger partial charge on any atom is 0.336 e. The predicted molar refractivity (Wildman–Crippen MR) is 96.3 cm³/mol. The van der Waals surface area contributed by atoms with E-state index in [9.17, 15) is 23.4 Å². The lowest BCUT2D eigenvalue weighted by Crippen LogP contribution is -2.57. The van der Waals surface area contributed by atoms with Crippen molar-refractivity contribution in [2.75, 3.05) is 18.2 Å². The normalized spacial score (nSPS) is 16.2. The van der Waals surface area contributed by atoms with E-state index >= 15 is 0 Å². The summed E-state index contributed by atoms with van der Waals surface area (Å²) in [6, 6.07) is 8.70. The van der Waals surface area contributed by atoms with Crippen molar-refractivity contribution in [2.45, 2.75) is 38.7 Å². The molecule has 0 fully saturated rings. The minimum Gasteiger partial charge on any atom is -0.479 e. The van der Waals surface area contributed by atoms with Crippen LogP contribution < -0.4 is 0 Å². The first-order valence-corrected chi connectivity index (χ1v) is 10.0. The molecule has 0 bridgehead atoms. The average molecular weight is 393 g/mol. The Hall–Kier alpha value is -1.15. The molecule has 0 aliphatic carbocycles. The van der Waals surface area contributed by atoms with E-state index in [1.807, 2.05) is 0 Å². The fourth-order valence-electron chi connectivity index (χ4n) is 2.68. The topological polar surface area (TPSA) is 101 Å². The molecule has 0 aliphatic rings. The van der Waals surface area contributed by atoms with Crippen molar-refractivity contribution in [3.05, 3.63) is 35.9 Å². The van der Waals surface area contributed by atoms with Crippen molar-refractivity contribution in [3.8, 4) is 0 Å². The molecule has 142 valence electrons. The number of hydrogen-bond acceptors (Lipinski definition) is 5. The Kier molecular flexibility index (Phi) is 7.43. The maximum absolute atomic E-state index is 11.9. The number of benzene rings is 1. The van der Waals surface area contributed by atoms with Gasteiger partial charge >= 0.3 is 5.97 Å². The molecular weight excluding hydrogens is 368 g/mol. The van der Waals surface area contributed by atoms with E-state index in [1.54, 1.807) is 37.3 Å². The molecule has 0 heterocycles. The number of rotatable bonds is 10. The lowest BCUT2D eigenvalue weighted by atomic mass is 9.66. The Balaban J connectivity index is 3.08. The van der Waals surface area contributed by atoms with Crippen LogP contribution in [0.25, 0.3) is 0 Å². The van der Waals surface area contributed by atoms with Crippen LogP contribution in [0.3, 0.4) is 0 Å². The van der Waals surface area contributed by atoms with E-state index in [0.717, 1.165) is 0 Å². The van der Waals surface area contributed by atoms with Crippen LogP contribution >= 0.6 is 11.6 Å². The van der Waals surface area contributed by atoms with Gasteiger partial charge in [0.15, 0.2) is 5.60 Å². The molecule has 2 N–H and O–H groups in total. The number of carboxylic acids is 1. The highest BCUT2D eigenvalue weighted by Crippen LogP contribution is 2.42. The second kappa shape index (κ2) is 8.49. The summed E-state index contributed by atoms with van der Waals surface area (Å²) in [6.45, 7) is 4.07. The van der Waals surface area contributed by atoms with E-state index < -0.39 is 39.6 Å². The molecule has 0 saturated carbocycles. The molecule has 0 radical (unpaired) electrons. The summed E-state index contributed by atoms with van der Waals surface area (Å²) in [4.78, 5) is 11.9. The number of carboxylic acid groups (broad SMARTS) is 1. The quantitative estimate of drug-likeness (QED) is 0.469. The highest BCUT2D eigenvalue weighted by atomic mass is 35.5. The molecule has 1 aromatic carbocycles. The number of halogens is 1. The third kappa shape index (κ3) is 5.17. The molecule has 0 amide bonds. The van der Waals surface area contributed by atoms with Gasteiger partial charge in [0.2, 0.25) is 0 Å². The largest absolute Gasteiger partial charge is 0.479 e. The van der Waals surface area contributed by atoms with Crippen LogP contribution in [0, 0.1) is 5.41 Å². The van der Waals surface area contributed by atoms with Gasteiger partial charge in [0, 0.05) is 17.2 Å². The summed E-state index contributed by atoms with van der Waals surface area (Å²) >= 11 is 5.48. The van der Waals surface area contributed by atoms with E-state index in [4.69, 9.17) is 15.8 Å². The third-order valence-corrected chi connectivity index (χ3v) is 5.94. The average Bonchev–Trinajstić information content (AvgIpc) is 2.57. The summed E-state index contributed by atoms with van der Waals surface area (Å²) in [7, 11) is -3.84. The van der Waals surface area contributed by atoms with Crippen molar-refractivity contribution in [3.63, 3.8) is 0 Å². The number of alkyl halides is 1. The molecule has 25 heavy (non-hydrogen) atoms. The third-order valence-electron chi connectivity index (χ3n) is 4.41. The van der Waals surface area contributed by atoms with Crippen LogP contribution in [0.2, 0.25) is 0 Å². The summed E-state index contributed by atoms with van der Waals surface area (Å²) < 4.78 is 28.7. The minimum absolute atomic E-state index is 0.177. The van der Waals surface area contributed by atoms with Crippen LogP contribution in [0.1, 0.15) is 38.7 Å². The molecule has 0 unspecified atom stereocenters. The number of hydrogen-bond donors (Lipinski definition) is 2. The summed E-state index contributed by atoms with van der Waals surface area (Å²) in [5, 5.41) is 20.7. The van der Waals surface area contributed by atoms with Crippen LogP contribution in [0.5, 0.6) is 0 Å². The number of aliphatic hydroxyl groups is 1. The van der Waals surface area contributed by atoms with Crippen LogP contribution in [-0.4, -0.2) is 48.4 Å². The van der Waals surface area contributed by atoms with Crippen molar-refractivity contribution in [1.82, 2.24) is 0 Å². The van der Waals surface area contributed by atoms with Gasteiger partial charge in [0.25, 0.3) is 10.1 Å². The smallest absolute Gasteiger partial charge is 0.336 e. The lowest BCUT2D eigenvalue weighted by Gasteiger charge is -2.43. The van der Waals surface area contributed by atoms with Crippen molar-refractivity contribution >= 4 is 27.7 Å². The van der Waals surface area contributed by atoms with Gasteiger partial charge in [-0.2, -0.15) is 8.42 Å². The van der Waals surface area contributed by atoms with Crippen LogP contribution in [0.4, 0.5) is 0 Å². The number of carbonyl (C=O) groups is 1. The molecule has 2 atom stereocenters. The SMILES string of the molecule is C[C@@H](c1ccccc1)[C@](O)(C(=O)O)C(C)(C)COS(=O)(=O)CCCCl. The predicted octanol–water partition coefficient (Wildman–Crippen LogP) is 2.61. The van der Waals surface area contributed by atoms with Gasteiger partial charge < -0.3 is 10.2 Å². The van der Waals surface area contributed by atoms with E-state index in [1.165, 1.54) is 13.8 Å². The van der Waals surface area contributed by atoms with Crippen molar-refractivity contribution in [2.24, 2.45) is 5.41 Å². The molecule has 1 aromatic rings. The Labute approximate surface area is 153 Å². The van der Waals surface area contributed by atoms with Crippen molar-refractivity contribution < 1.29 is 27.6 Å². The Morgan fingerprint density at radius 1 is 1.28 bits per heavy atom. The van der Waals surface area contributed by atoms with Gasteiger partial charge in [-0.25, -0.2) is 4.79 Å². The Morgan fingerprint density at radius 2 is 1.84 bits per heavy atom. The van der Waals surface area contributed by atoms with Crippen LogP contribution in [-0.2, 0) is 19.1 Å². The fourth-order valence-corrected chi connectivity index (χ4v) is 4.06. The van der Waals surface area contributed by atoms with Gasteiger partial charge in [-0.05, 0) is 12.0 Å². The summed E-state index contributed by atoms with van der Waals surface area (Å²) in [6.07, 6.45) is 0.230. The monoisotopic (exact) mass is 392 g/mol. The van der Waals surface area contributed by atoms with E-state index in [0.29, 0.717) is 5.56 Å². The Morgan fingerprint density at radius 3 is 2.32 bits per heavy atom.